The largest absolute Gasteiger partial charge is 0.351 e. The number of nitrogens with one attached hydrogen (secondary N) is 1. The average molecular weight is 292 g/mol. The predicted molar refractivity (Wildman–Crippen MR) is 86.0 cm³/mol. The maximum atomic E-state index is 12.0. The van der Waals surface area contributed by atoms with Gasteiger partial charge in [0.15, 0.2) is 0 Å². The molecule has 0 saturated carbocycles. The Bertz CT molecular complexity index is 444. The first kappa shape index (κ1) is 15.4. The quantitative estimate of drug-likeness (QED) is 0.904. The van der Waals surface area contributed by atoms with E-state index in [0.29, 0.717) is 19.1 Å². The molecule has 0 aromatic heterocycles. The van der Waals surface area contributed by atoms with Crippen LogP contribution in [-0.4, -0.2) is 41.9 Å². The number of thioether (sulfide) groups is 1. The number of rotatable bonds is 5. The van der Waals surface area contributed by atoms with Crippen LogP contribution >= 0.6 is 11.8 Å². The summed E-state index contributed by atoms with van der Waals surface area (Å²) in [5, 5.41) is 3.02. The fraction of sp³-hybridized carbons (Fsp3) is 0.562. The molecular formula is C16H24N2OS. The van der Waals surface area contributed by atoms with Crippen LogP contribution in [0.3, 0.4) is 0 Å². The topological polar surface area (TPSA) is 32.3 Å². The zero-order chi connectivity index (χ0) is 14.4. The number of aryl methyl sites for hydroxylation is 1. The van der Waals surface area contributed by atoms with E-state index in [-0.39, 0.29) is 5.91 Å². The van der Waals surface area contributed by atoms with E-state index in [4.69, 9.17) is 0 Å². The molecule has 0 aliphatic carbocycles. The highest BCUT2D eigenvalue weighted by Crippen LogP contribution is 2.20. The van der Waals surface area contributed by atoms with Crippen molar-refractivity contribution >= 4 is 17.7 Å². The minimum absolute atomic E-state index is 0.119. The molecule has 1 saturated heterocycles. The summed E-state index contributed by atoms with van der Waals surface area (Å²) < 4.78 is 0. The zero-order valence-corrected chi connectivity index (χ0v) is 13.2. The number of carbonyl (C=O) groups is 1. The third-order valence-corrected chi connectivity index (χ3v) is 4.99. The van der Waals surface area contributed by atoms with Crippen molar-refractivity contribution in [3.8, 4) is 0 Å². The molecule has 1 amide bonds. The Kier molecular flexibility index (Phi) is 5.92. The monoisotopic (exact) mass is 292 g/mol. The van der Waals surface area contributed by atoms with Gasteiger partial charge in [0.25, 0.3) is 0 Å². The summed E-state index contributed by atoms with van der Waals surface area (Å²) in [5.74, 6) is 2.56. The maximum absolute atomic E-state index is 12.0. The highest BCUT2D eigenvalue weighted by atomic mass is 32.2. The molecule has 1 aromatic carbocycles. The third kappa shape index (κ3) is 4.53. The minimum Gasteiger partial charge on any atom is -0.351 e. The number of hydrogen-bond donors (Lipinski definition) is 1. The van der Waals surface area contributed by atoms with E-state index < -0.39 is 0 Å². The van der Waals surface area contributed by atoms with Gasteiger partial charge in [0.2, 0.25) is 5.91 Å². The molecule has 110 valence electrons. The molecule has 0 radical (unpaired) electrons. The molecule has 20 heavy (non-hydrogen) atoms. The lowest BCUT2D eigenvalue weighted by Gasteiger charge is -2.30. The number of hydrogen-bond acceptors (Lipinski definition) is 3. The average Bonchev–Trinajstić information content (AvgIpc) is 2.47. The fourth-order valence-electron chi connectivity index (χ4n) is 2.54. The number of benzene rings is 1. The normalized spacial score (nSPS) is 16.4. The maximum Gasteiger partial charge on any atom is 0.234 e. The summed E-state index contributed by atoms with van der Waals surface area (Å²) in [6.45, 7) is 3.20. The second-order valence-corrected chi connectivity index (χ2v) is 6.69. The molecule has 1 aliphatic heterocycles. The van der Waals surface area contributed by atoms with E-state index in [9.17, 15) is 4.79 Å². The third-order valence-electron chi connectivity index (χ3n) is 3.94. The highest BCUT2D eigenvalue weighted by Gasteiger charge is 2.19. The second kappa shape index (κ2) is 7.70. The number of nitrogens with zero attached hydrogens (tertiary/aromatic N) is 1. The molecule has 2 rings (SSSR count). The van der Waals surface area contributed by atoms with E-state index >= 15 is 0 Å². The molecule has 1 aromatic rings. The van der Waals surface area contributed by atoms with Gasteiger partial charge < -0.3 is 5.32 Å². The first-order chi connectivity index (χ1) is 9.66. The SMILES string of the molecule is Cc1ccccc1CNC(=O)CN(C)C1CCSCC1. The van der Waals surface area contributed by atoms with Crippen molar-refractivity contribution in [2.75, 3.05) is 25.1 Å². The second-order valence-electron chi connectivity index (χ2n) is 5.46. The van der Waals surface area contributed by atoms with Crippen molar-refractivity contribution in [3.63, 3.8) is 0 Å². The predicted octanol–water partition coefficient (Wildman–Crippen LogP) is 2.44. The Morgan fingerprint density at radius 3 is 2.75 bits per heavy atom. The molecule has 1 N–H and O–H groups in total. The standard InChI is InChI=1S/C16H24N2OS/c1-13-5-3-4-6-14(13)11-17-16(19)12-18(2)15-7-9-20-10-8-15/h3-6,15H,7-12H2,1-2H3,(H,17,19). The molecule has 1 aliphatic rings. The van der Waals surface area contributed by atoms with Crippen LogP contribution < -0.4 is 5.32 Å². The molecule has 0 atom stereocenters. The van der Waals surface area contributed by atoms with Crippen molar-refractivity contribution in [2.45, 2.75) is 32.4 Å². The summed E-state index contributed by atoms with van der Waals surface area (Å²) >= 11 is 2.02. The summed E-state index contributed by atoms with van der Waals surface area (Å²) in [6.07, 6.45) is 2.40. The van der Waals surface area contributed by atoms with Gasteiger partial charge in [-0.1, -0.05) is 24.3 Å². The van der Waals surface area contributed by atoms with E-state index in [0.717, 1.165) is 0 Å². The van der Waals surface area contributed by atoms with Crippen LogP contribution in [-0.2, 0) is 11.3 Å². The van der Waals surface area contributed by atoms with Crippen molar-refractivity contribution in [1.29, 1.82) is 0 Å². The van der Waals surface area contributed by atoms with Gasteiger partial charge in [-0.2, -0.15) is 11.8 Å². The van der Waals surface area contributed by atoms with Gasteiger partial charge in [0.1, 0.15) is 0 Å². The van der Waals surface area contributed by atoms with Crippen LogP contribution in [0.15, 0.2) is 24.3 Å². The Hall–Kier alpha value is -1.000. The first-order valence-electron chi connectivity index (χ1n) is 7.26. The van der Waals surface area contributed by atoms with Crippen molar-refractivity contribution in [1.82, 2.24) is 10.2 Å². The summed E-state index contributed by atoms with van der Waals surface area (Å²) in [4.78, 5) is 14.2. The van der Waals surface area contributed by atoms with E-state index in [1.165, 1.54) is 35.5 Å². The molecular weight excluding hydrogens is 268 g/mol. The minimum atomic E-state index is 0.119. The zero-order valence-electron chi connectivity index (χ0n) is 12.4. The van der Waals surface area contributed by atoms with E-state index in [1.807, 2.05) is 23.9 Å². The molecule has 1 heterocycles. The Morgan fingerprint density at radius 2 is 2.05 bits per heavy atom. The van der Waals surface area contributed by atoms with Crippen LogP contribution in [0.4, 0.5) is 0 Å². The highest BCUT2D eigenvalue weighted by molar-refractivity contribution is 7.99. The van der Waals surface area contributed by atoms with Crippen molar-refractivity contribution < 1.29 is 4.79 Å². The molecule has 0 spiro atoms. The number of carbonyl (C=O) groups excluding carboxylic acids is 1. The van der Waals surface area contributed by atoms with Crippen LogP contribution in [0, 0.1) is 6.92 Å². The van der Waals surface area contributed by atoms with Gasteiger partial charge in [0, 0.05) is 12.6 Å². The summed E-state index contributed by atoms with van der Waals surface area (Å²) in [5.41, 5.74) is 2.42. The summed E-state index contributed by atoms with van der Waals surface area (Å²) in [7, 11) is 2.06. The van der Waals surface area contributed by atoms with Crippen LogP contribution in [0.2, 0.25) is 0 Å². The van der Waals surface area contributed by atoms with Crippen LogP contribution in [0.1, 0.15) is 24.0 Å². The van der Waals surface area contributed by atoms with Crippen LogP contribution in [0.5, 0.6) is 0 Å². The van der Waals surface area contributed by atoms with E-state index in [1.54, 1.807) is 0 Å². The van der Waals surface area contributed by atoms with Gasteiger partial charge in [-0.05, 0) is 49.4 Å². The lowest BCUT2D eigenvalue weighted by Crippen LogP contribution is -2.41. The molecule has 0 unspecified atom stereocenters. The van der Waals surface area contributed by atoms with Crippen molar-refractivity contribution in [2.24, 2.45) is 0 Å². The first-order valence-corrected chi connectivity index (χ1v) is 8.41. The van der Waals surface area contributed by atoms with E-state index in [2.05, 4.69) is 36.3 Å². The van der Waals surface area contributed by atoms with Gasteiger partial charge in [-0.3, -0.25) is 9.69 Å². The molecule has 0 bridgehead atoms. The van der Waals surface area contributed by atoms with Crippen LogP contribution in [0.25, 0.3) is 0 Å². The Balaban J connectivity index is 1.76. The molecule has 1 fully saturated rings. The number of amides is 1. The van der Waals surface area contributed by atoms with Gasteiger partial charge >= 0.3 is 0 Å². The Labute approximate surface area is 126 Å². The summed E-state index contributed by atoms with van der Waals surface area (Å²) in [6, 6.07) is 8.75. The van der Waals surface area contributed by atoms with Gasteiger partial charge in [-0.25, -0.2) is 0 Å². The van der Waals surface area contributed by atoms with Gasteiger partial charge in [0.05, 0.1) is 6.54 Å². The lowest BCUT2D eigenvalue weighted by molar-refractivity contribution is -0.122. The molecule has 3 nitrogen and oxygen atoms in total. The molecule has 4 heteroatoms. The van der Waals surface area contributed by atoms with Crippen molar-refractivity contribution in [3.05, 3.63) is 35.4 Å². The lowest BCUT2D eigenvalue weighted by atomic mass is 10.1. The number of likely N-dealkylation sites (N-methyl/N-ethyl adjacent to an activating group) is 1. The Morgan fingerprint density at radius 1 is 1.35 bits per heavy atom. The smallest absolute Gasteiger partial charge is 0.234 e. The van der Waals surface area contributed by atoms with Gasteiger partial charge in [-0.15, -0.1) is 0 Å². The fourth-order valence-corrected chi connectivity index (χ4v) is 3.62.